The van der Waals surface area contributed by atoms with Crippen molar-refractivity contribution >= 4 is 11.9 Å². The Labute approximate surface area is 139 Å². The van der Waals surface area contributed by atoms with Gasteiger partial charge in [0.2, 0.25) is 5.95 Å². The number of anilines is 1. The average molecular weight is 318 g/mol. The fourth-order valence-electron chi connectivity index (χ4n) is 2.92. The number of carbonyl (C=O) groups is 1. The lowest BCUT2D eigenvalue weighted by Crippen LogP contribution is -2.35. The lowest BCUT2D eigenvalue weighted by molar-refractivity contribution is 0.0928. The van der Waals surface area contributed by atoms with Gasteiger partial charge in [-0.1, -0.05) is 39.5 Å². The third-order valence-electron chi connectivity index (χ3n) is 4.28. The van der Waals surface area contributed by atoms with E-state index in [4.69, 9.17) is 0 Å². The summed E-state index contributed by atoms with van der Waals surface area (Å²) in [4.78, 5) is 21.2. The number of amides is 1. The average Bonchev–Trinajstić information content (AvgIpc) is 2.75. The topological polar surface area (TPSA) is 66.9 Å². The number of carbonyl (C=O) groups excluding carboxylic acids is 1. The van der Waals surface area contributed by atoms with Gasteiger partial charge in [0.15, 0.2) is 0 Å². The Morgan fingerprint density at radius 2 is 1.91 bits per heavy atom. The first-order valence-electron chi connectivity index (χ1n) is 8.95. The molecule has 0 unspecified atom stereocenters. The quantitative estimate of drug-likeness (QED) is 0.785. The van der Waals surface area contributed by atoms with Crippen LogP contribution in [0.5, 0.6) is 0 Å². The fraction of sp³-hybridized carbons (Fsp3) is 0.722. The molecule has 1 fully saturated rings. The van der Waals surface area contributed by atoms with Gasteiger partial charge in [0.05, 0.1) is 0 Å². The second-order valence-electron chi connectivity index (χ2n) is 6.99. The van der Waals surface area contributed by atoms with Crippen molar-refractivity contribution in [3.63, 3.8) is 0 Å². The number of nitrogens with zero attached hydrogens (tertiary/aromatic N) is 2. The number of hydrogen-bond donors (Lipinski definition) is 2. The van der Waals surface area contributed by atoms with Crippen LogP contribution in [-0.4, -0.2) is 28.5 Å². The number of aryl methyl sites for hydroxylation is 1. The van der Waals surface area contributed by atoms with E-state index in [-0.39, 0.29) is 11.9 Å². The predicted molar refractivity (Wildman–Crippen MR) is 93.7 cm³/mol. The van der Waals surface area contributed by atoms with Gasteiger partial charge in [0.1, 0.15) is 5.69 Å². The summed E-state index contributed by atoms with van der Waals surface area (Å²) in [7, 11) is 0. The van der Waals surface area contributed by atoms with E-state index in [1.807, 2.05) is 6.92 Å². The lowest BCUT2D eigenvalue weighted by Gasteiger charge is -2.16. The Morgan fingerprint density at radius 3 is 2.57 bits per heavy atom. The highest BCUT2D eigenvalue weighted by atomic mass is 16.1. The predicted octanol–water partition coefficient (Wildman–Crippen LogP) is 3.70. The molecule has 1 aliphatic carbocycles. The molecule has 0 aromatic carbocycles. The van der Waals surface area contributed by atoms with Crippen LogP contribution in [0.25, 0.3) is 0 Å². The molecule has 1 saturated carbocycles. The van der Waals surface area contributed by atoms with Gasteiger partial charge in [-0.25, -0.2) is 9.97 Å². The molecule has 0 spiro atoms. The van der Waals surface area contributed by atoms with E-state index in [0.29, 0.717) is 17.6 Å². The van der Waals surface area contributed by atoms with Crippen molar-refractivity contribution in [3.05, 3.63) is 17.5 Å². The Morgan fingerprint density at radius 1 is 1.22 bits per heavy atom. The highest BCUT2D eigenvalue weighted by molar-refractivity contribution is 5.92. The van der Waals surface area contributed by atoms with E-state index < -0.39 is 0 Å². The van der Waals surface area contributed by atoms with Gasteiger partial charge < -0.3 is 10.6 Å². The molecule has 0 radical (unpaired) electrons. The number of hydrogen-bond acceptors (Lipinski definition) is 4. The molecule has 1 aromatic rings. The van der Waals surface area contributed by atoms with Crippen LogP contribution < -0.4 is 10.6 Å². The molecule has 5 nitrogen and oxygen atoms in total. The maximum absolute atomic E-state index is 12.5. The summed E-state index contributed by atoms with van der Waals surface area (Å²) < 4.78 is 0. The van der Waals surface area contributed by atoms with E-state index in [1.165, 1.54) is 25.7 Å². The van der Waals surface area contributed by atoms with Crippen molar-refractivity contribution < 1.29 is 4.79 Å². The maximum atomic E-state index is 12.5. The highest BCUT2D eigenvalue weighted by Gasteiger charge is 2.17. The Hall–Kier alpha value is -1.65. The second kappa shape index (κ2) is 8.85. The smallest absolute Gasteiger partial charge is 0.270 e. The van der Waals surface area contributed by atoms with Gasteiger partial charge >= 0.3 is 0 Å². The van der Waals surface area contributed by atoms with Crippen molar-refractivity contribution in [2.75, 3.05) is 11.9 Å². The normalized spacial score (nSPS) is 16.2. The van der Waals surface area contributed by atoms with Crippen molar-refractivity contribution in [1.29, 1.82) is 0 Å². The third-order valence-corrected chi connectivity index (χ3v) is 4.28. The van der Waals surface area contributed by atoms with Gasteiger partial charge in [-0.05, 0) is 38.2 Å². The Kier molecular flexibility index (Phi) is 6.81. The van der Waals surface area contributed by atoms with Crippen LogP contribution in [0.2, 0.25) is 0 Å². The van der Waals surface area contributed by atoms with Crippen LogP contribution in [0, 0.1) is 12.8 Å². The minimum absolute atomic E-state index is 0.0747. The first kappa shape index (κ1) is 17.7. The van der Waals surface area contributed by atoms with Gasteiger partial charge in [-0.15, -0.1) is 0 Å². The maximum Gasteiger partial charge on any atom is 0.270 e. The summed E-state index contributed by atoms with van der Waals surface area (Å²) in [6, 6.07) is 2.05. The van der Waals surface area contributed by atoms with E-state index >= 15 is 0 Å². The van der Waals surface area contributed by atoms with Crippen LogP contribution >= 0.6 is 0 Å². The molecule has 2 N–H and O–H groups in total. The molecule has 5 heteroatoms. The third kappa shape index (κ3) is 6.16. The van der Waals surface area contributed by atoms with E-state index in [0.717, 1.165) is 31.5 Å². The number of nitrogens with one attached hydrogen (secondary N) is 2. The molecule has 0 aliphatic heterocycles. The van der Waals surface area contributed by atoms with Crippen LogP contribution in [-0.2, 0) is 0 Å². The summed E-state index contributed by atoms with van der Waals surface area (Å²) in [6.45, 7) is 7.09. The first-order chi connectivity index (χ1) is 11.0. The zero-order valence-corrected chi connectivity index (χ0v) is 14.7. The van der Waals surface area contributed by atoms with Crippen molar-refractivity contribution in [3.8, 4) is 0 Å². The standard InChI is InChI=1S/C18H30N4O/c1-13(2)10-11-19-18-20-14(3)12-16(22-18)17(23)21-15-8-6-4-5-7-9-15/h12-13,15H,4-11H2,1-3H3,(H,21,23)(H,19,20,22). The molecule has 0 atom stereocenters. The zero-order valence-electron chi connectivity index (χ0n) is 14.7. The molecule has 1 aromatic heterocycles. The van der Waals surface area contributed by atoms with Gasteiger partial charge in [-0.2, -0.15) is 0 Å². The van der Waals surface area contributed by atoms with E-state index in [1.54, 1.807) is 6.07 Å². The van der Waals surface area contributed by atoms with E-state index in [2.05, 4.69) is 34.4 Å². The van der Waals surface area contributed by atoms with Crippen molar-refractivity contribution in [1.82, 2.24) is 15.3 Å². The zero-order chi connectivity index (χ0) is 16.7. The molecule has 128 valence electrons. The molecule has 23 heavy (non-hydrogen) atoms. The van der Waals surface area contributed by atoms with Crippen molar-refractivity contribution in [2.45, 2.75) is 71.8 Å². The summed E-state index contributed by atoms with van der Waals surface area (Å²) in [6.07, 6.45) is 8.18. The molecule has 1 amide bonds. The molecule has 0 saturated heterocycles. The first-order valence-corrected chi connectivity index (χ1v) is 8.95. The minimum Gasteiger partial charge on any atom is -0.354 e. The monoisotopic (exact) mass is 318 g/mol. The van der Waals surface area contributed by atoms with Crippen LogP contribution in [0.3, 0.4) is 0 Å². The largest absolute Gasteiger partial charge is 0.354 e. The van der Waals surface area contributed by atoms with Crippen LogP contribution in [0.15, 0.2) is 6.07 Å². The number of rotatable bonds is 6. The number of aromatic nitrogens is 2. The summed E-state index contributed by atoms with van der Waals surface area (Å²) in [5.74, 6) is 1.11. The molecular formula is C18H30N4O. The molecule has 1 heterocycles. The SMILES string of the molecule is Cc1cc(C(=O)NC2CCCCCC2)nc(NCCC(C)C)n1. The Bertz CT molecular complexity index is 508. The fourth-order valence-corrected chi connectivity index (χ4v) is 2.92. The van der Waals surface area contributed by atoms with Gasteiger partial charge in [0.25, 0.3) is 5.91 Å². The van der Waals surface area contributed by atoms with E-state index in [9.17, 15) is 4.79 Å². The Balaban J connectivity index is 1.97. The molecule has 0 bridgehead atoms. The second-order valence-corrected chi connectivity index (χ2v) is 6.99. The van der Waals surface area contributed by atoms with Crippen molar-refractivity contribution in [2.24, 2.45) is 5.92 Å². The summed E-state index contributed by atoms with van der Waals surface area (Å²) >= 11 is 0. The van der Waals surface area contributed by atoms with Crippen LogP contribution in [0.4, 0.5) is 5.95 Å². The lowest BCUT2D eigenvalue weighted by atomic mass is 10.1. The van der Waals surface area contributed by atoms with Gasteiger partial charge in [-0.3, -0.25) is 4.79 Å². The summed E-state index contributed by atoms with van der Waals surface area (Å²) in [5, 5.41) is 6.37. The summed E-state index contributed by atoms with van der Waals surface area (Å²) in [5.41, 5.74) is 1.28. The molecule has 1 aliphatic rings. The van der Waals surface area contributed by atoms with Gasteiger partial charge in [0, 0.05) is 18.3 Å². The van der Waals surface area contributed by atoms with Crippen LogP contribution in [0.1, 0.15) is 75.0 Å². The molecule has 2 rings (SSSR count). The highest BCUT2D eigenvalue weighted by Crippen LogP contribution is 2.17. The minimum atomic E-state index is -0.0747. The molecular weight excluding hydrogens is 288 g/mol.